The highest BCUT2D eigenvalue weighted by atomic mass is 15.1. The molecule has 0 radical (unpaired) electrons. The fourth-order valence-electron chi connectivity index (χ4n) is 1.47. The van der Waals surface area contributed by atoms with Crippen LogP contribution < -0.4 is 0 Å². The number of hydrogen-bond acceptors (Lipinski definition) is 3. The molecule has 0 spiro atoms. The number of nitrogens with one attached hydrogen (secondary N) is 1. The maximum absolute atomic E-state index is 4.37. The molecule has 0 aliphatic carbocycles. The van der Waals surface area contributed by atoms with Crippen LogP contribution in [0.4, 0.5) is 0 Å². The summed E-state index contributed by atoms with van der Waals surface area (Å²) in [6.07, 6.45) is 6.16. The number of fused-ring (bicyclic) bond motifs is 4. The van der Waals surface area contributed by atoms with Crippen LogP contribution >= 0.6 is 0 Å². The first kappa shape index (κ1) is 5.88. The molecular weight excluding hydrogens is 152 g/mol. The van der Waals surface area contributed by atoms with Crippen LogP contribution in [0.15, 0.2) is 18.6 Å². The molecule has 3 heterocycles. The molecule has 0 saturated heterocycles. The Morgan fingerprint density at radius 2 is 2.25 bits per heavy atom. The molecule has 0 unspecified atom stereocenters. The van der Waals surface area contributed by atoms with Crippen LogP contribution in [-0.4, -0.2) is 20.2 Å². The number of nitrogens with zero attached hydrogens (tertiary/aromatic N) is 3. The average molecular weight is 158 g/mol. The molecular formula is C8H6N4. The molecule has 2 aromatic heterocycles. The molecule has 58 valence electrons. The first-order valence-corrected chi connectivity index (χ1v) is 3.77. The van der Waals surface area contributed by atoms with Crippen molar-refractivity contribution >= 4 is 0 Å². The number of hydrogen-bond donors (Lipinski definition) is 1. The molecule has 12 heavy (non-hydrogen) atoms. The van der Waals surface area contributed by atoms with Crippen molar-refractivity contribution < 1.29 is 0 Å². The molecule has 1 N–H and O–H groups in total. The Kier molecular flexibility index (Phi) is 0.935. The molecule has 1 aliphatic heterocycles. The van der Waals surface area contributed by atoms with Crippen molar-refractivity contribution in [2.45, 2.75) is 6.42 Å². The molecule has 3 rings (SSSR count). The summed E-state index contributed by atoms with van der Waals surface area (Å²) in [5, 5.41) is 6.92. The standard InChI is InChI=1S/C8H6N4/c1-5-2-9-4-8(11-5)6-3-10-12-7(1)6/h2-4H,1H2,(H,10,12). The van der Waals surface area contributed by atoms with Gasteiger partial charge in [-0.3, -0.25) is 10.1 Å². The minimum absolute atomic E-state index is 0.816. The van der Waals surface area contributed by atoms with Crippen LogP contribution in [0.3, 0.4) is 0 Å². The third-order valence-corrected chi connectivity index (χ3v) is 2.04. The molecule has 0 atom stereocenters. The summed E-state index contributed by atoms with van der Waals surface area (Å²) in [7, 11) is 0. The Balaban J connectivity index is 2.37. The van der Waals surface area contributed by atoms with Crippen LogP contribution in [0.1, 0.15) is 11.4 Å². The van der Waals surface area contributed by atoms with E-state index in [-0.39, 0.29) is 0 Å². The van der Waals surface area contributed by atoms with Gasteiger partial charge in [0.2, 0.25) is 0 Å². The van der Waals surface area contributed by atoms with Gasteiger partial charge in [0, 0.05) is 18.2 Å². The Labute approximate surface area is 68.7 Å². The Morgan fingerprint density at radius 1 is 1.25 bits per heavy atom. The van der Waals surface area contributed by atoms with Gasteiger partial charge >= 0.3 is 0 Å². The lowest BCUT2D eigenvalue weighted by Crippen LogP contribution is -2.03. The minimum Gasteiger partial charge on any atom is -0.281 e. The first-order chi connectivity index (χ1) is 5.93. The van der Waals surface area contributed by atoms with Crippen molar-refractivity contribution in [3.05, 3.63) is 30.0 Å². The van der Waals surface area contributed by atoms with Crippen LogP contribution in [0.5, 0.6) is 0 Å². The summed E-state index contributed by atoms with van der Waals surface area (Å²) in [5.74, 6) is 0. The monoisotopic (exact) mass is 158 g/mol. The SMILES string of the molecule is c1ncc2nc1Cc1[nH]ncc1-2. The molecule has 0 saturated carbocycles. The number of rotatable bonds is 0. The summed E-state index contributed by atoms with van der Waals surface area (Å²) in [6.45, 7) is 0. The number of aromatic nitrogens is 4. The molecule has 4 heteroatoms. The number of H-pyrrole nitrogens is 1. The summed E-state index contributed by atoms with van der Waals surface area (Å²) < 4.78 is 0. The Morgan fingerprint density at radius 3 is 3.25 bits per heavy atom. The summed E-state index contributed by atoms with van der Waals surface area (Å²) >= 11 is 0. The van der Waals surface area contributed by atoms with E-state index in [4.69, 9.17) is 0 Å². The fraction of sp³-hybridized carbons (Fsp3) is 0.125. The van der Waals surface area contributed by atoms with E-state index < -0.39 is 0 Å². The van der Waals surface area contributed by atoms with Crippen molar-refractivity contribution in [2.75, 3.05) is 0 Å². The molecule has 0 amide bonds. The minimum atomic E-state index is 0.816. The van der Waals surface area contributed by atoms with Gasteiger partial charge in [-0.1, -0.05) is 0 Å². The topological polar surface area (TPSA) is 54.5 Å². The van der Waals surface area contributed by atoms with Gasteiger partial charge in [-0.15, -0.1) is 0 Å². The second kappa shape index (κ2) is 1.91. The van der Waals surface area contributed by atoms with Crippen LogP contribution in [-0.2, 0) is 6.42 Å². The van der Waals surface area contributed by atoms with Gasteiger partial charge in [0.25, 0.3) is 0 Å². The lowest BCUT2D eigenvalue weighted by Gasteiger charge is -2.09. The van der Waals surface area contributed by atoms with Crippen LogP contribution in [0.2, 0.25) is 0 Å². The quantitative estimate of drug-likeness (QED) is 0.525. The highest BCUT2D eigenvalue weighted by Crippen LogP contribution is 2.25. The predicted octanol–water partition coefficient (Wildman–Crippen LogP) is 0.771. The van der Waals surface area contributed by atoms with Gasteiger partial charge in [-0.05, 0) is 0 Å². The lowest BCUT2D eigenvalue weighted by atomic mass is 10.1. The van der Waals surface area contributed by atoms with Gasteiger partial charge in [0.05, 0.1) is 29.5 Å². The van der Waals surface area contributed by atoms with Crippen molar-refractivity contribution in [1.29, 1.82) is 0 Å². The maximum Gasteiger partial charge on any atom is 0.0923 e. The molecule has 2 bridgehead atoms. The second-order valence-electron chi connectivity index (χ2n) is 2.83. The zero-order valence-corrected chi connectivity index (χ0v) is 6.28. The normalized spacial score (nSPS) is 12.7. The van der Waals surface area contributed by atoms with Crippen LogP contribution in [0.25, 0.3) is 11.3 Å². The van der Waals surface area contributed by atoms with Crippen molar-refractivity contribution in [3.8, 4) is 11.3 Å². The van der Waals surface area contributed by atoms with E-state index in [9.17, 15) is 0 Å². The van der Waals surface area contributed by atoms with Gasteiger partial charge in [0.1, 0.15) is 0 Å². The van der Waals surface area contributed by atoms with E-state index in [0.717, 1.165) is 29.1 Å². The van der Waals surface area contributed by atoms with E-state index in [1.807, 2.05) is 0 Å². The average Bonchev–Trinajstić information content (AvgIpc) is 2.53. The fourth-order valence-corrected chi connectivity index (χ4v) is 1.47. The smallest absolute Gasteiger partial charge is 0.0923 e. The van der Waals surface area contributed by atoms with E-state index in [1.54, 1.807) is 18.6 Å². The summed E-state index contributed by atoms with van der Waals surface area (Å²) in [5.41, 5.74) is 4.14. The highest BCUT2D eigenvalue weighted by molar-refractivity contribution is 5.62. The predicted molar refractivity (Wildman–Crippen MR) is 42.4 cm³/mol. The third-order valence-electron chi connectivity index (χ3n) is 2.04. The van der Waals surface area contributed by atoms with Crippen molar-refractivity contribution in [3.63, 3.8) is 0 Å². The second-order valence-corrected chi connectivity index (χ2v) is 2.83. The van der Waals surface area contributed by atoms with E-state index >= 15 is 0 Å². The van der Waals surface area contributed by atoms with Gasteiger partial charge in [0.15, 0.2) is 0 Å². The number of aromatic amines is 1. The van der Waals surface area contributed by atoms with E-state index in [0.29, 0.717) is 0 Å². The van der Waals surface area contributed by atoms with Crippen molar-refractivity contribution in [2.24, 2.45) is 0 Å². The van der Waals surface area contributed by atoms with Crippen LogP contribution in [0, 0.1) is 0 Å². The molecule has 1 aliphatic rings. The van der Waals surface area contributed by atoms with Crippen molar-refractivity contribution in [1.82, 2.24) is 20.2 Å². The van der Waals surface area contributed by atoms with E-state index in [1.165, 1.54) is 0 Å². The molecule has 4 nitrogen and oxygen atoms in total. The van der Waals surface area contributed by atoms with Gasteiger partial charge in [-0.2, -0.15) is 5.10 Å². The Hall–Kier alpha value is -1.71. The summed E-state index contributed by atoms with van der Waals surface area (Å²) in [4.78, 5) is 8.45. The maximum atomic E-state index is 4.37. The molecule has 0 fully saturated rings. The van der Waals surface area contributed by atoms with Gasteiger partial charge in [-0.25, -0.2) is 4.98 Å². The van der Waals surface area contributed by atoms with Gasteiger partial charge < -0.3 is 0 Å². The summed E-state index contributed by atoms with van der Waals surface area (Å²) in [6, 6.07) is 0. The van der Waals surface area contributed by atoms with E-state index in [2.05, 4.69) is 20.2 Å². The largest absolute Gasteiger partial charge is 0.281 e. The third kappa shape index (κ3) is 0.637. The highest BCUT2D eigenvalue weighted by Gasteiger charge is 2.15. The Bertz CT molecular complexity index is 432. The zero-order valence-electron chi connectivity index (χ0n) is 6.28. The lowest BCUT2D eigenvalue weighted by molar-refractivity contribution is 0.939. The first-order valence-electron chi connectivity index (χ1n) is 3.77. The molecule has 2 aromatic rings. The molecule has 0 aromatic carbocycles. The zero-order chi connectivity index (χ0) is 7.97.